The number of hydrogen-bond donors (Lipinski definition) is 2. The van der Waals surface area contributed by atoms with E-state index in [-0.39, 0.29) is 6.61 Å². The van der Waals surface area contributed by atoms with Gasteiger partial charge in [-0.05, 0) is 74.4 Å². The van der Waals surface area contributed by atoms with Crippen molar-refractivity contribution >= 4 is 0 Å². The van der Waals surface area contributed by atoms with Crippen LogP contribution >= 0.6 is 0 Å². The van der Waals surface area contributed by atoms with Crippen molar-refractivity contribution in [2.45, 2.75) is 122 Å². The predicted molar refractivity (Wildman–Crippen MR) is 154 cm³/mol. The van der Waals surface area contributed by atoms with Gasteiger partial charge in [0.05, 0.1) is 0 Å². The molecular weight excluding hydrogens is 440 g/mol. The average Bonchev–Trinajstić information content (AvgIpc) is 2.89. The van der Waals surface area contributed by atoms with Gasteiger partial charge in [0.2, 0.25) is 0 Å². The van der Waals surface area contributed by atoms with Gasteiger partial charge >= 0.3 is 0 Å². The van der Waals surface area contributed by atoms with Crippen molar-refractivity contribution in [1.82, 2.24) is 0 Å². The molecule has 0 spiro atoms. The Morgan fingerprint density at radius 1 is 0.583 bits per heavy atom. The highest BCUT2D eigenvalue weighted by Crippen LogP contribution is 2.11. The molecule has 0 saturated heterocycles. The fraction of sp³-hybridized carbons (Fsp3) is 0.588. The van der Waals surface area contributed by atoms with E-state index in [0.717, 1.165) is 32.1 Å². The lowest BCUT2D eigenvalue weighted by molar-refractivity contribution is 0.280. The average molecular weight is 487 g/mol. The molecule has 1 atom stereocenters. The highest BCUT2D eigenvalue weighted by atomic mass is 16.3. The smallest absolute Gasteiger partial charge is 0.133 e. The molecule has 0 aliphatic carbocycles. The molecule has 0 aromatic carbocycles. The van der Waals surface area contributed by atoms with Crippen LogP contribution in [-0.2, 0) is 0 Å². The lowest BCUT2D eigenvalue weighted by Crippen LogP contribution is -1.95. The molecule has 0 aliphatic heterocycles. The summed E-state index contributed by atoms with van der Waals surface area (Å²) in [5, 5.41) is 17.7. The van der Waals surface area contributed by atoms with E-state index in [1.54, 1.807) is 6.08 Å². The van der Waals surface area contributed by atoms with Gasteiger partial charge in [-0.25, -0.2) is 0 Å². The number of hydrogen-bond acceptors (Lipinski definition) is 2. The van der Waals surface area contributed by atoms with E-state index < -0.39 is 6.10 Å². The van der Waals surface area contributed by atoms with E-state index in [1.807, 2.05) is 12.2 Å². The minimum atomic E-state index is -0.730. The third-order valence-electron chi connectivity index (χ3n) is 5.58. The maximum absolute atomic E-state index is 9.22. The second kappa shape index (κ2) is 30.2. The molecule has 0 heterocycles. The number of terminal acetylenes is 1. The second-order valence-electron chi connectivity index (χ2n) is 8.80. The third kappa shape index (κ3) is 29.2. The van der Waals surface area contributed by atoms with Crippen molar-refractivity contribution in [2.24, 2.45) is 0 Å². The molecule has 0 fully saturated rings. The molecule has 0 aliphatic rings. The molecule has 0 amide bonds. The maximum Gasteiger partial charge on any atom is 0.133 e. The largest absolute Gasteiger partial charge is 0.384 e. The van der Waals surface area contributed by atoms with Crippen LogP contribution in [0.1, 0.15) is 116 Å². The van der Waals surface area contributed by atoms with Gasteiger partial charge in [-0.15, -0.1) is 6.42 Å². The summed E-state index contributed by atoms with van der Waals surface area (Å²) in [5.74, 6) is 24.8. The van der Waals surface area contributed by atoms with Gasteiger partial charge < -0.3 is 10.2 Å². The number of unbranched alkanes of at least 4 members (excludes halogenated alkanes) is 16. The summed E-state index contributed by atoms with van der Waals surface area (Å²) in [6.45, 7) is -0.154. The Hall–Kier alpha value is -2.80. The van der Waals surface area contributed by atoms with Crippen LogP contribution in [0, 0.1) is 59.7 Å². The third-order valence-corrected chi connectivity index (χ3v) is 5.58. The summed E-state index contributed by atoms with van der Waals surface area (Å²) in [7, 11) is 0. The summed E-state index contributed by atoms with van der Waals surface area (Å²) in [5.41, 5.74) is 0. The Kier molecular flexibility index (Phi) is 27.9. The first-order valence-corrected chi connectivity index (χ1v) is 13.8. The normalized spacial score (nSPS) is 10.8. The van der Waals surface area contributed by atoms with Crippen LogP contribution in [0.15, 0.2) is 24.3 Å². The highest BCUT2D eigenvalue weighted by molar-refractivity contribution is 5.35. The molecule has 0 aromatic heterocycles. The summed E-state index contributed by atoms with van der Waals surface area (Å²) in [4.78, 5) is 0. The van der Waals surface area contributed by atoms with E-state index in [2.05, 4.69) is 59.4 Å². The Morgan fingerprint density at radius 3 is 1.67 bits per heavy atom. The summed E-state index contributed by atoms with van der Waals surface area (Å²) in [6.07, 6.45) is 34.0. The molecule has 0 rings (SSSR count). The quantitative estimate of drug-likeness (QED) is 0.116. The maximum atomic E-state index is 9.22. The van der Waals surface area contributed by atoms with Crippen molar-refractivity contribution in [3.63, 3.8) is 0 Å². The SMILES string of the molecule is C#CC(O)/C=C/CCCCCCCCC/C=C\C#CCCCCCCCCCC#CC#CC#CCO. The fourth-order valence-electron chi connectivity index (χ4n) is 3.53. The molecule has 2 nitrogen and oxygen atoms in total. The Morgan fingerprint density at radius 2 is 1.08 bits per heavy atom. The summed E-state index contributed by atoms with van der Waals surface area (Å²) < 4.78 is 0. The van der Waals surface area contributed by atoms with E-state index in [1.165, 1.54) is 83.5 Å². The molecule has 0 aromatic rings. The van der Waals surface area contributed by atoms with Crippen molar-refractivity contribution in [2.75, 3.05) is 6.61 Å². The molecule has 1 unspecified atom stereocenters. The molecule has 2 heteroatoms. The minimum Gasteiger partial charge on any atom is -0.384 e. The molecular formula is C34H46O2. The van der Waals surface area contributed by atoms with Gasteiger partial charge in [-0.1, -0.05) is 106 Å². The first-order chi connectivity index (χ1) is 17.8. The topological polar surface area (TPSA) is 40.5 Å². The van der Waals surface area contributed by atoms with Crippen LogP contribution in [0.3, 0.4) is 0 Å². The van der Waals surface area contributed by atoms with Crippen molar-refractivity contribution in [3.05, 3.63) is 24.3 Å². The van der Waals surface area contributed by atoms with Crippen LogP contribution in [0.2, 0.25) is 0 Å². The fourth-order valence-corrected chi connectivity index (χ4v) is 3.53. The molecule has 0 bridgehead atoms. The molecule has 36 heavy (non-hydrogen) atoms. The Balaban J connectivity index is 3.35. The second-order valence-corrected chi connectivity index (χ2v) is 8.80. The van der Waals surface area contributed by atoms with E-state index in [9.17, 15) is 5.11 Å². The minimum absolute atomic E-state index is 0.154. The van der Waals surface area contributed by atoms with Crippen LogP contribution in [-0.4, -0.2) is 22.9 Å². The van der Waals surface area contributed by atoms with Crippen LogP contribution in [0.4, 0.5) is 0 Å². The summed E-state index contributed by atoms with van der Waals surface area (Å²) in [6, 6.07) is 0. The van der Waals surface area contributed by atoms with Gasteiger partial charge in [0.15, 0.2) is 0 Å². The van der Waals surface area contributed by atoms with Crippen molar-refractivity contribution < 1.29 is 10.2 Å². The van der Waals surface area contributed by atoms with Crippen molar-refractivity contribution in [3.8, 4) is 59.7 Å². The summed E-state index contributed by atoms with van der Waals surface area (Å²) >= 11 is 0. The molecule has 0 radical (unpaired) electrons. The monoisotopic (exact) mass is 486 g/mol. The molecule has 0 saturated carbocycles. The van der Waals surface area contributed by atoms with Crippen LogP contribution in [0.25, 0.3) is 0 Å². The van der Waals surface area contributed by atoms with Gasteiger partial charge in [-0.2, -0.15) is 0 Å². The zero-order valence-corrected chi connectivity index (χ0v) is 22.3. The van der Waals surface area contributed by atoms with Crippen LogP contribution < -0.4 is 0 Å². The van der Waals surface area contributed by atoms with Crippen molar-refractivity contribution in [1.29, 1.82) is 0 Å². The number of aliphatic hydroxyl groups excluding tert-OH is 2. The first-order valence-electron chi connectivity index (χ1n) is 13.8. The van der Waals surface area contributed by atoms with Gasteiger partial charge in [-0.3, -0.25) is 0 Å². The number of allylic oxidation sites excluding steroid dienone is 3. The van der Waals surface area contributed by atoms with E-state index in [4.69, 9.17) is 11.5 Å². The van der Waals surface area contributed by atoms with Gasteiger partial charge in [0.1, 0.15) is 12.7 Å². The van der Waals surface area contributed by atoms with E-state index in [0.29, 0.717) is 0 Å². The zero-order chi connectivity index (χ0) is 26.2. The van der Waals surface area contributed by atoms with Gasteiger partial charge in [0, 0.05) is 12.8 Å². The number of aliphatic hydroxyl groups is 2. The zero-order valence-electron chi connectivity index (χ0n) is 22.3. The predicted octanol–water partition coefficient (Wildman–Crippen LogP) is 7.12. The lowest BCUT2D eigenvalue weighted by Gasteiger charge is -2.00. The Bertz CT molecular complexity index is 856. The molecule has 194 valence electrons. The van der Waals surface area contributed by atoms with E-state index >= 15 is 0 Å². The lowest BCUT2D eigenvalue weighted by atomic mass is 10.1. The van der Waals surface area contributed by atoms with Gasteiger partial charge in [0.25, 0.3) is 0 Å². The highest BCUT2D eigenvalue weighted by Gasteiger charge is 1.93. The van der Waals surface area contributed by atoms with Crippen LogP contribution in [0.5, 0.6) is 0 Å². The first kappa shape index (κ1) is 33.2. The molecule has 2 N–H and O–H groups in total. The standard InChI is InChI=1S/C34H46O2/c1-2-34(36)32-30-28-26-24-22-20-18-16-14-12-10-8-6-4-3-5-7-9-11-13-15-17-19-21-23-25-27-29-31-33-35/h1,8,10,30,32,34-36H,3,5,7,9,11-20,22,24,26,28,33H2/b10-8-,32-30+. The number of rotatable bonds is 19. The Labute approximate surface area is 222 Å².